The maximum atomic E-state index is 11.6. The minimum atomic E-state index is -3.35. The first-order valence-corrected chi connectivity index (χ1v) is 13.0. The molecule has 2 N–H and O–H groups in total. The van der Waals surface area contributed by atoms with Gasteiger partial charge in [-0.1, -0.05) is 6.07 Å². The van der Waals surface area contributed by atoms with Gasteiger partial charge in [-0.15, -0.1) is 11.3 Å². The lowest BCUT2D eigenvalue weighted by molar-refractivity contribution is 0.575. The van der Waals surface area contributed by atoms with Crippen LogP contribution in [-0.2, 0) is 10.0 Å². The van der Waals surface area contributed by atoms with Crippen LogP contribution in [-0.4, -0.2) is 24.8 Å². The summed E-state index contributed by atoms with van der Waals surface area (Å²) in [6, 6.07) is 15.4. The number of aromatic nitrogens is 1. The maximum absolute atomic E-state index is 11.6. The van der Waals surface area contributed by atoms with Crippen molar-refractivity contribution in [3.8, 4) is 0 Å². The number of thiophene rings is 1. The molecular weight excluding hydrogens is 504 g/mol. The average molecular weight is 524 g/mol. The van der Waals surface area contributed by atoms with E-state index in [1.165, 1.54) is 0 Å². The van der Waals surface area contributed by atoms with Gasteiger partial charge in [0.15, 0.2) is 5.11 Å². The Morgan fingerprint density at radius 2 is 2.03 bits per heavy atom. The molecule has 2 aromatic heterocycles. The molecule has 1 saturated heterocycles. The average Bonchev–Trinajstić information content (AvgIpc) is 3.26. The topological polar surface area (TPSA) is 74.3 Å². The lowest BCUT2D eigenvalue weighted by Crippen LogP contribution is -2.29. The molecule has 0 unspecified atom stereocenters. The van der Waals surface area contributed by atoms with Crippen LogP contribution in [0.4, 0.5) is 11.4 Å². The van der Waals surface area contributed by atoms with Crippen molar-refractivity contribution >= 4 is 66.0 Å². The van der Waals surface area contributed by atoms with Gasteiger partial charge in [-0.3, -0.25) is 9.71 Å². The normalized spacial score (nSPS) is 19.0. The number of benzene rings is 1. The van der Waals surface area contributed by atoms with Gasteiger partial charge in [0.2, 0.25) is 10.0 Å². The molecule has 6 nitrogen and oxygen atoms in total. The highest BCUT2D eigenvalue weighted by atomic mass is 79.9. The zero-order valence-electron chi connectivity index (χ0n) is 16.2. The van der Waals surface area contributed by atoms with E-state index in [4.69, 9.17) is 12.2 Å². The molecule has 3 heterocycles. The Bertz CT molecular complexity index is 1200. The summed E-state index contributed by atoms with van der Waals surface area (Å²) in [5.74, 6) is 0. The molecule has 1 fully saturated rings. The quantitative estimate of drug-likeness (QED) is 0.470. The third kappa shape index (κ3) is 4.36. The molecule has 10 heteroatoms. The zero-order chi connectivity index (χ0) is 21.5. The van der Waals surface area contributed by atoms with Gasteiger partial charge in [0, 0.05) is 16.8 Å². The van der Waals surface area contributed by atoms with Crippen LogP contribution in [0.1, 0.15) is 28.2 Å². The van der Waals surface area contributed by atoms with Crippen molar-refractivity contribution in [2.45, 2.75) is 19.0 Å². The maximum Gasteiger partial charge on any atom is 0.229 e. The number of hydrogen-bond donors (Lipinski definition) is 2. The number of nitrogens with one attached hydrogen (secondary N) is 2. The summed E-state index contributed by atoms with van der Waals surface area (Å²) in [5, 5.41) is 4.02. The molecule has 0 bridgehead atoms. The summed E-state index contributed by atoms with van der Waals surface area (Å²) < 4.78 is 26.8. The molecule has 4 rings (SSSR count). The third-order valence-electron chi connectivity index (χ3n) is 4.77. The monoisotopic (exact) mass is 522 g/mol. The largest absolute Gasteiger partial charge is 0.351 e. The van der Waals surface area contributed by atoms with Gasteiger partial charge in [-0.25, -0.2) is 8.42 Å². The second kappa shape index (κ2) is 8.26. The summed E-state index contributed by atoms with van der Waals surface area (Å²) in [7, 11) is -3.35. The summed E-state index contributed by atoms with van der Waals surface area (Å²) in [4.78, 5) is 7.76. The van der Waals surface area contributed by atoms with E-state index >= 15 is 0 Å². The minimum Gasteiger partial charge on any atom is -0.351 e. The molecule has 0 spiro atoms. The molecule has 156 valence electrons. The summed E-state index contributed by atoms with van der Waals surface area (Å²) in [6.07, 6.45) is 2.92. The number of anilines is 2. The molecule has 0 radical (unpaired) electrons. The van der Waals surface area contributed by atoms with Gasteiger partial charge in [0.25, 0.3) is 0 Å². The van der Waals surface area contributed by atoms with Crippen LogP contribution in [0.2, 0.25) is 0 Å². The fraction of sp³-hybridized carbons (Fsp3) is 0.200. The second-order valence-electron chi connectivity index (χ2n) is 7.01. The van der Waals surface area contributed by atoms with Crippen LogP contribution < -0.4 is 14.9 Å². The van der Waals surface area contributed by atoms with Crippen molar-refractivity contribution < 1.29 is 8.42 Å². The lowest BCUT2D eigenvalue weighted by Gasteiger charge is -2.27. The molecule has 3 aromatic rings. The fourth-order valence-electron chi connectivity index (χ4n) is 3.52. The van der Waals surface area contributed by atoms with Crippen LogP contribution in [0, 0.1) is 6.92 Å². The van der Waals surface area contributed by atoms with Crippen LogP contribution >= 0.6 is 39.5 Å². The minimum absolute atomic E-state index is 0.0863. The third-order valence-corrected chi connectivity index (χ3v) is 7.37. The van der Waals surface area contributed by atoms with E-state index in [0.29, 0.717) is 10.8 Å². The lowest BCUT2D eigenvalue weighted by atomic mass is 10.0. The van der Waals surface area contributed by atoms with E-state index in [1.54, 1.807) is 23.6 Å². The van der Waals surface area contributed by atoms with Crippen LogP contribution in [0.25, 0.3) is 0 Å². The fourth-order valence-corrected chi connectivity index (χ4v) is 6.05. The van der Waals surface area contributed by atoms with E-state index in [0.717, 1.165) is 31.9 Å². The number of nitrogens with zero attached hydrogens (tertiary/aromatic N) is 2. The number of halogens is 1. The number of pyridine rings is 1. The van der Waals surface area contributed by atoms with E-state index < -0.39 is 10.0 Å². The second-order valence-corrected chi connectivity index (χ2v) is 11.6. The summed E-state index contributed by atoms with van der Waals surface area (Å²) in [5.41, 5.74) is 3.16. The van der Waals surface area contributed by atoms with Gasteiger partial charge >= 0.3 is 0 Å². The number of hydrogen-bond acceptors (Lipinski definition) is 5. The predicted molar refractivity (Wildman–Crippen MR) is 130 cm³/mol. The van der Waals surface area contributed by atoms with Crippen molar-refractivity contribution in [1.29, 1.82) is 0 Å². The van der Waals surface area contributed by atoms with Gasteiger partial charge in [0.1, 0.15) is 0 Å². The van der Waals surface area contributed by atoms with E-state index in [-0.39, 0.29) is 12.1 Å². The number of rotatable bonds is 5. The Hall–Kier alpha value is -2.01. The van der Waals surface area contributed by atoms with Crippen LogP contribution in [0.15, 0.2) is 58.5 Å². The van der Waals surface area contributed by atoms with E-state index in [1.807, 2.05) is 43.3 Å². The Morgan fingerprint density at radius 3 is 2.63 bits per heavy atom. The highest BCUT2D eigenvalue weighted by molar-refractivity contribution is 9.11. The molecule has 1 aliphatic heterocycles. The SMILES string of the molecule is Cc1cc(N2C(=S)N[C@@H](c3ccccn3)[C@H]2c2ccc(Br)s2)ccc1NS(C)(=O)=O. The first-order chi connectivity index (χ1) is 14.2. The molecule has 0 saturated carbocycles. The van der Waals surface area contributed by atoms with E-state index in [2.05, 4.69) is 41.9 Å². The Morgan fingerprint density at radius 1 is 1.23 bits per heavy atom. The Kier molecular flexibility index (Phi) is 5.84. The van der Waals surface area contributed by atoms with Crippen LogP contribution in [0.3, 0.4) is 0 Å². The zero-order valence-corrected chi connectivity index (χ0v) is 20.2. The number of thiocarbonyl (C=S) groups is 1. The summed E-state index contributed by atoms with van der Waals surface area (Å²) in [6.45, 7) is 1.87. The first kappa shape index (κ1) is 21.2. The van der Waals surface area contributed by atoms with Crippen molar-refractivity contribution in [2.24, 2.45) is 0 Å². The molecular formula is C20H19BrN4O2S3. The standard InChI is InChI=1S/C20H19BrN4O2S3/c1-12-11-13(6-7-14(12)24-30(2,26)27)25-19(16-8-9-17(21)29-16)18(23-20(25)28)15-5-3-4-10-22-15/h3-11,18-19,24H,1-2H3,(H,23,28)/t18-,19+/m0/s1. The van der Waals surface area contributed by atoms with Crippen molar-refractivity contribution in [3.05, 3.63) is 74.6 Å². The van der Waals surface area contributed by atoms with Gasteiger partial charge in [0.05, 0.1) is 33.5 Å². The number of sulfonamides is 1. The van der Waals surface area contributed by atoms with Crippen molar-refractivity contribution in [2.75, 3.05) is 15.9 Å². The highest BCUT2D eigenvalue weighted by Crippen LogP contribution is 2.44. The molecule has 1 aromatic carbocycles. The molecule has 2 atom stereocenters. The predicted octanol–water partition coefficient (Wildman–Crippen LogP) is 4.76. The van der Waals surface area contributed by atoms with Crippen LogP contribution in [0.5, 0.6) is 0 Å². The van der Waals surface area contributed by atoms with Gasteiger partial charge in [-0.05, 0) is 83.1 Å². The van der Waals surface area contributed by atoms with Crippen molar-refractivity contribution in [1.82, 2.24) is 10.3 Å². The van der Waals surface area contributed by atoms with Gasteiger partial charge < -0.3 is 10.2 Å². The summed E-state index contributed by atoms with van der Waals surface area (Å²) >= 11 is 10.9. The first-order valence-electron chi connectivity index (χ1n) is 9.07. The Balaban J connectivity index is 1.77. The smallest absolute Gasteiger partial charge is 0.229 e. The molecule has 30 heavy (non-hydrogen) atoms. The number of aryl methyl sites for hydroxylation is 1. The van der Waals surface area contributed by atoms with E-state index in [9.17, 15) is 8.42 Å². The Labute approximate surface area is 193 Å². The highest BCUT2D eigenvalue weighted by Gasteiger charge is 2.41. The molecule has 0 amide bonds. The van der Waals surface area contributed by atoms with Crippen molar-refractivity contribution in [3.63, 3.8) is 0 Å². The molecule has 1 aliphatic rings. The molecule has 0 aliphatic carbocycles. The van der Waals surface area contributed by atoms with Gasteiger partial charge in [-0.2, -0.15) is 0 Å².